The van der Waals surface area contributed by atoms with Crippen molar-refractivity contribution >= 4 is 37.8 Å². The third-order valence-corrected chi connectivity index (χ3v) is 3.79. The number of hydrogen-bond acceptors (Lipinski definition) is 1. The van der Waals surface area contributed by atoms with E-state index < -0.39 is 5.82 Å². The van der Waals surface area contributed by atoms with Crippen LogP contribution in [-0.4, -0.2) is 29.2 Å². The van der Waals surface area contributed by atoms with Crippen molar-refractivity contribution in [2.75, 3.05) is 12.4 Å². The summed E-state index contributed by atoms with van der Waals surface area (Å²) in [4.78, 5) is 13.5. The van der Waals surface area contributed by atoms with E-state index in [9.17, 15) is 9.18 Å². The van der Waals surface area contributed by atoms with E-state index in [0.717, 1.165) is 0 Å². The van der Waals surface area contributed by atoms with Crippen LogP contribution in [0.3, 0.4) is 0 Å². The Kier molecular flexibility index (Phi) is 4.92. The summed E-state index contributed by atoms with van der Waals surface area (Å²) in [5.41, 5.74) is 0.0877. The Balaban J connectivity index is 3.00. The molecule has 0 radical (unpaired) electrons. The first-order valence-corrected chi connectivity index (χ1v) is 6.67. The molecule has 0 saturated heterocycles. The van der Waals surface area contributed by atoms with Crippen LogP contribution in [0.25, 0.3) is 0 Å². The lowest BCUT2D eigenvalue weighted by Gasteiger charge is -2.23. The molecule has 16 heavy (non-hydrogen) atoms. The van der Waals surface area contributed by atoms with Gasteiger partial charge in [-0.1, -0.05) is 31.9 Å². The highest BCUT2D eigenvalue weighted by Crippen LogP contribution is 2.18. The molecule has 0 N–H and O–H groups in total. The summed E-state index contributed by atoms with van der Waals surface area (Å²) in [7, 11) is 1.66. The van der Waals surface area contributed by atoms with Crippen LogP contribution in [0.4, 0.5) is 4.39 Å². The molecule has 0 aliphatic carbocycles. The molecule has 0 aliphatic heterocycles. The first-order valence-electron chi connectivity index (χ1n) is 4.75. The molecule has 0 aromatic heterocycles. The number of alkyl halides is 1. The van der Waals surface area contributed by atoms with E-state index in [-0.39, 0.29) is 17.5 Å². The number of benzene rings is 1. The molecular weight excluding hydrogens is 341 g/mol. The number of carbonyl (C=O) groups is 1. The highest BCUT2D eigenvalue weighted by molar-refractivity contribution is 9.10. The Bertz CT molecular complexity index is 398. The number of hydrogen-bond donors (Lipinski definition) is 0. The van der Waals surface area contributed by atoms with Gasteiger partial charge in [0.2, 0.25) is 0 Å². The minimum atomic E-state index is -0.498. The zero-order valence-corrected chi connectivity index (χ0v) is 12.2. The van der Waals surface area contributed by atoms with Gasteiger partial charge in [0, 0.05) is 22.9 Å². The van der Waals surface area contributed by atoms with Gasteiger partial charge in [-0.05, 0) is 25.1 Å². The van der Waals surface area contributed by atoms with Crippen molar-refractivity contribution in [1.82, 2.24) is 4.90 Å². The number of halogens is 3. The van der Waals surface area contributed by atoms with Crippen LogP contribution in [0.2, 0.25) is 0 Å². The van der Waals surface area contributed by atoms with Gasteiger partial charge in [-0.15, -0.1) is 0 Å². The Morgan fingerprint density at radius 1 is 1.56 bits per heavy atom. The molecule has 1 aromatic carbocycles. The number of rotatable bonds is 3. The molecule has 0 bridgehead atoms. The van der Waals surface area contributed by atoms with Crippen molar-refractivity contribution in [3.63, 3.8) is 0 Å². The smallest absolute Gasteiger partial charge is 0.256 e. The standard InChI is InChI=1S/C11H12Br2FNO/c1-7(6-12)15(2)11(16)9-5-8(13)3-4-10(9)14/h3-5,7H,6H2,1-2H3. The Morgan fingerprint density at radius 2 is 2.19 bits per heavy atom. The van der Waals surface area contributed by atoms with Gasteiger partial charge in [0.05, 0.1) is 5.56 Å². The SMILES string of the molecule is CC(CBr)N(C)C(=O)c1cc(Br)ccc1F. The van der Waals surface area contributed by atoms with E-state index in [4.69, 9.17) is 0 Å². The molecule has 1 rings (SSSR count). The fourth-order valence-electron chi connectivity index (χ4n) is 1.16. The van der Waals surface area contributed by atoms with Gasteiger partial charge < -0.3 is 4.90 Å². The molecule has 0 spiro atoms. The normalized spacial score (nSPS) is 12.3. The molecule has 88 valence electrons. The predicted molar refractivity (Wildman–Crippen MR) is 69.4 cm³/mol. The summed E-state index contributed by atoms with van der Waals surface area (Å²) in [6.45, 7) is 1.89. The van der Waals surface area contributed by atoms with Crippen LogP contribution in [0.15, 0.2) is 22.7 Å². The Hall–Kier alpha value is -0.420. The summed E-state index contributed by atoms with van der Waals surface area (Å²) in [6, 6.07) is 4.37. The zero-order valence-electron chi connectivity index (χ0n) is 9.01. The van der Waals surface area contributed by atoms with Crippen LogP contribution < -0.4 is 0 Å². The van der Waals surface area contributed by atoms with E-state index in [1.165, 1.54) is 17.0 Å². The second kappa shape index (κ2) is 5.77. The zero-order chi connectivity index (χ0) is 12.3. The minimum absolute atomic E-state index is 0.0193. The van der Waals surface area contributed by atoms with Gasteiger partial charge >= 0.3 is 0 Å². The number of nitrogens with zero attached hydrogens (tertiary/aromatic N) is 1. The van der Waals surface area contributed by atoms with Crippen molar-refractivity contribution in [3.8, 4) is 0 Å². The number of carbonyl (C=O) groups excluding carboxylic acids is 1. The molecule has 0 aliphatic rings. The summed E-state index contributed by atoms with van der Waals surface area (Å²) in [5, 5.41) is 0.658. The van der Waals surface area contributed by atoms with E-state index in [1.54, 1.807) is 13.1 Å². The van der Waals surface area contributed by atoms with Gasteiger partial charge in [0.1, 0.15) is 5.82 Å². The lowest BCUT2D eigenvalue weighted by atomic mass is 10.1. The summed E-state index contributed by atoms with van der Waals surface area (Å²) >= 11 is 6.51. The van der Waals surface area contributed by atoms with Crippen molar-refractivity contribution < 1.29 is 9.18 Å². The van der Waals surface area contributed by atoms with Crippen LogP contribution >= 0.6 is 31.9 Å². The topological polar surface area (TPSA) is 20.3 Å². The molecule has 1 atom stereocenters. The van der Waals surface area contributed by atoms with E-state index in [1.807, 2.05) is 6.92 Å². The maximum absolute atomic E-state index is 13.5. The van der Waals surface area contributed by atoms with E-state index >= 15 is 0 Å². The fraction of sp³-hybridized carbons (Fsp3) is 0.364. The van der Waals surface area contributed by atoms with Gasteiger partial charge in [0.25, 0.3) is 5.91 Å². The monoisotopic (exact) mass is 351 g/mol. The lowest BCUT2D eigenvalue weighted by molar-refractivity contribution is 0.0753. The minimum Gasteiger partial charge on any atom is -0.338 e. The third kappa shape index (κ3) is 3.04. The highest BCUT2D eigenvalue weighted by Gasteiger charge is 2.19. The molecular formula is C11H12Br2FNO. The molecule has 1 unspecified atom stereocenters. The molecule has 0 saturated carbocycles. The molecule has 2 nitrogen and oxygen atoms in total. The van der Waals surface area contributed by atoms with Crippen LogP contribution in [0.5, 0.6) is 0 Å². The van der Waals surface area contributed by atoms with Crippen LogP contribution in [0, 0.1) is 5.82 Å². The quantitative estimate of drug-likeness (QED) is 0.763. The van der Waals surface area contributed by atoms with Gasteiger partial charge in [0.15, 0.2) is 0 Å². The Labute approximate surface area is 111 Å². The van der Waals surface area contributed by atoms with Crippen molar-refractivity contribution in [2.45, 2.75) is 13.0 Å². The molecule has 1 amide bonds. The number of amides is 1. The molecule has 1 aromatic rings. The van der Waals surface area contributed by atoms with Gasteiger partial charge in [-0.2, -0.15) is 0 Å². The lowest BCUT2D eigenvalue weighted by Crippen LogP contribution is -2.36. The summed E-state index contributed by atoms with van der Waals surface area (Å²) < 4.78 is 14.2. The predicted octanol–water partition coefficient (Wildman–Crippen LogP) is 3.44. The van der Waals surface area contributed by atoms with Gasteiger partial charge in [-0.3, -0.25) is 4.79 Å². The average Bonchev–Trinajstić information content (AvgIpc) is 2.29. The largest absolute Gasteiger partial charge is 0.338 e. The third-order valence-electron chi connectivity index (χ3n) is 2.36. The molecule has 0 fully saturated rings. The fourth-order valence-corrected chi connectivity index (χ4v) is 1.95. The average molecular weight is 353 g/mol. The van der Waals surface area contributed by atoms with Crippen LogP contribution in [-0.2, 0) is 0 Å². The van der Waals surface area contributed by atoms with Crippen molar-refractivity contribution in [1.29, 1.82) is 0 Å². The van der Waals surface area contributed by atoms with Crippen molar-refractivity contribution in [2.24, 2.45) is 0 Å². The highest BCUT2D eigenvalue weighted by atomic mass is 79.9. The first-order chi connectivity index (χ1) is 7.47. The summed E-state index contributed by atoms with van der Waals surface area (Å²) in [5.74, 6) is -0.812. The second-order valence-electron chi connectivity index (χ2n) is 3.54. The second-order valence-corrected chi connectivity index (χ2v) is 5.11. The van der Waals surface area contributed by atoms with E-state index in [0.29, 0.717) is 9.80 Å². The molecule has 5 heteroatoms. The van der Waals surface area contributed by atoms with Crippen molar-refractivity contribution in [3.05, 3.63) is 34.1 Å². The Morgan fingerprint density at radius 3 is 2.75 bits per heavy atom. The van der Waals surface area contributed by atoms with Gasteiger partial charge in [-0.25, -0.2) is 4.39 Å². The molecule has 0 heterocycles. The maximum Gasteiger partial charge on any atom is 0.256 e. The summed E-state index contributed by atoms with van der Waals surface area (Å²) in [6.07, 6.45) is 0. The van der Waals surface area contributed by atoms with Crippen LogP contribution in [0.1, 0.15) is 17.3 Å². The van der Waals surface area contributed by atoms with E-state index in [2.05, 4.69) is 31.9 Å². The first kappa shape index (κ1) is 13.6. The maximum atomic E-state index is 13.5.